The number of carbonyl (C=O) groups is 1. The SMILES string of the molecule is COc1cc(C(=O)N2CCC[C@@H](Nc3ccc(N(C)C)nc3)CC2)on1. The number of ether oxygens (including phenoxy) is 1. The summed E-state index contributed by atoms with van der Waals surface area (Å²) in [5, 5.41) is 7.22. The average Bonchev–Trinajstić information content (AvgIpc) is 3.01. The molecule has 0 spiro atoms. The lowest BCUT2D eigenvalue weighted by Gasteiger charge is -2.20. The number of aromatic nitrogens is 2. The number of likely N-dealkylation sites (tertiary alicyclic amines) is 1. The van der Waals surface area contributed by atoms with Gasteiger partial charge < -0.3 is 24.4 Å². The predicted molar refractivity (Wildman–Crippen MR) is 98.8 cm³/mol. The standard InChI is InChI=1S/C18H25N5O3/c1-22(2)16-7-6-14(12-19-16)20-13-5-4-9-23(10-8-13)18(24)15-11-17(25-3)21-26-15/h6-7,11-13,20H,4-5,8-10H2,1-3H3/t13-/m1/s1. The van der Waals surface area contributed by atoms with Crippen molar-refractivity contribution in [3.63, 3.8) is 0 Å². The number of rotatable bonds is 5. The van der Waals surface area contributed by atoms with Gasteiger partial charge in [0.2, 0.25) is 5.76 Å². The van der Waals surface area contributed by atoms with E-state index in [1.165, 1.54) is 13.2 Å². The zero-order valence-electron chi connectivity index (χ0n) is 15.4. The van der Waals surface area contributed by atoms with Crippen LogP contribution >= 0.6 is 0 Å². The Balaban J connectivity index is 1.56. The summed E-state index contributed by atoms with van der Waals surface area (Å²) in [7, 11) is 5.43. The van der Waals surface area contributed by atoms with E-state index < -0.39 is 0 Å². The van der Waals surface area contributed by atoms with Gasteiger partial charge in [-0.2, -0.15) is 0 Å². The molecule has 1 aliphatic rings. The fraction of sp³-hybridized carbons (Fsp3) is 0.500. The third-order valence-electron chi connectivity index (χ3n) is 4.50. The molecule has 1 fully saturated rings. The molecule has 0 saturated carbocycles. The number of nitrogens with one attached hydrogen (secondary N) is 1. The van der Waals surface area contributed by atoms with Crippen molar-refractivity contribution >= 4 is 17.4 Å². The minimum Gasteiger partial charge on any atom is -0.479 e. The minimum atomic E-state index is -0.140. The molecule has 1 atom stereocenters. The van der Waals surface area contributed by atoms with Crippen molar-refractivity contribution in [1.82, 2.24) is 15.0 Å². The van der Waals surface area contributed by atoms with E-state index in [-0.39, 0.29) is 11.7 Å². The largest absolute Gasteiger partial charge is 0.479 e. The molecule has 1 N–H and O–H groups in total. The molecule has 8 nitrogen and oxygen atoms in total. The Morgan fingerprint density at radius 3 is 2.85 bits per heavy atom. The minimum absolute atomic E-state index is 0.140. The Bertz CT molecular complexity index is 729. The van der Waals surface area contributed by atoms with Gasteiger partial charge in [-0.1, -0.05) is 0 Å². The zero-order valence-corrected chi connectivity index (χ0v) is 15.4. The quantitative estimate of drug-likeness (QED) is 0.876. The summed E-state index contributed by atoms with van der Waals surface area (Å²) in [5.41, 5.74) is 1.00. The second kappa shape index (κ2) is 8.07. The summed E-state index contributed by atoms with van der Waals surface area (Å²) in [6.07, 6.45) is 4.65. The molecule has 0 unspecified atom stereocenters. The highest BCUT2D eigenvalue weighted by Gasteiger charge is 2.24. The molecule has 1 aliphatic heterocycles. The van der Waals surface area contributed by atoms with E-state index in [0.29, 0.717) is 25.0 Å². The van der Waals surface area contributed by atoms with Crippen molar-refractivity contribution in [2.45, 2.75) is 25.3 Å². The van der Waals surface area contributed by atoms with E-state index in [0.717, 1.165) is 30.8 Å². The van der Waals surface area contributed by atoms with E-state index in [4.69, 9.17) is 9.26 Å². The van der Waals surface area contributed by atoms with Crippen LogP contribution in [0.2, 0.25) is 0 Å². The second-order valence-corrected chi connectivity index (χ2v) is 6.60. The summed E-state index contributed by atoms with van der Waals surface area (Å²) in [6, 6.07) is 5.87. The van der Waals surface area contributed by atoms with Gasteiger partial charge in [-0.05, 0) is 36.6 Å². The first-order valence-electron chi connectivity index (χ1n) is 8.76. The number of hydrogen-bond acceptors (Lipinski definition) is 7. The molecular weight excluding hydrogens is 334 g/mol. The maximum Gasteiger partial charge on any atom is 0.292 e. The van der Waals surface area contributed by atoms with Crippen molar-refractivity contribution in [2.24, 2.45) is 0 Å². The van der Waals surface area contributed by atoms with Gasteiger partial charge >= 0.3 is 0 Å². The number of nitrogens with zero attached hydrogens (tertiary/aromatic N) is 4. The Kier molecular flexibility index (Phi) is 5.60. The highest BCUT2D eigenvalue weighted by molar-refractivity contribution is 5.91. The molecule has 3 rings (SSSR count). The van der Waals surface area contributed by atoms with Crippen LogP contribution in [-0.4, -0.2) is 61.3 Å². The van der Waals surface area contributed by atoms with Crippen molar-refractivity contribution in [3.8, 4) is 5.88 Å². The lowest BCUT2D eigenvalue weighted by Crippen LogP contribution is -2.32. The van der Waals surface area contributed by atoms with Gasteiger partial charge in [-0.25, -0.2) is 4.98 Å². The number of hydrogen-bond donors (Lipinski definition) is 1. The first kappa shape index (κ1) is 18.0. The Morgan fingerprint density at radius 1 is 1.35 bits per heavy atom. The summed E-state index contributed by atoms with van der Waals surface area (Å²) in [5.74, 6) is 1.32. The van der Waals surface area contributed by atoms with Gasteiger partial charge in [0, 0.05) is 33.2 Å². The van der Waals surface area contributed by atoms with Crippen LogP contribution < -0.4 is 15.0 Å². The highest BCUT2D eigenvalue weighted by Crippen LogP contribution is 2.20. The summed E-state index contributed by atoms with van der Waals surface area (Å²) in [6.45, 7) is 1.38. The Hall–Kier alpha value is -2.77. The molecular formula is C18H25N5O3. The molecule has 2 aromatic heterocycles. The first-order chi connectivity index (χ1) is 12.6. The normalized spacial score (nSPS) is 17.5. The van der Waals surface area contributed by atoms with Crippen LogP contribution in [-0.2, 0) is 0 Å². The Labute approximate surface area is 153 Å². The Morgan fingerprint density at radius 2 is 2.19 bits per heavy atom. The van der Waals surface area contributed by atoms with Crippen molar-refractivity contribution in [2.75, 3.05) is 44.5 Å². The van der Waals surface area contributed by atoms with Crippen molar-refractivity contribution in [3.05, 3.63) is 30.2 Å². The number of anilines is 2. The molecule has 0 bridgehead atoms. The summed E-state index contributed by atoms with van der Waals surface area (Å²) >= 11 is 0. The van der Waals surface area contributed by atoms with Crippen LogP contribution in [0, 0.1) is 0 Å². The van der Waals surface area contributed by atoms with Gasteiger partial charge in [-0.3, -0.25) is 4.79 Å². The van der Waals surface area contributed by atoms with E-state index in [1.54, 1.807) is 0 Å². The highest BCUT2D eigenvalue weighted by atomic mass is 16.5. The van der Waals surface area contributed by atoms with Gasteiger partial charge in [0.15, 0.2) is 0 Å². The van der Waals surface area contributed by atoms with Gasteiger partial charge in [-0.15, -0.1) is 0 Å². The lowest BCUT2D eigenvalue weighted by molar-refractivity contribution is 0.0719. The number of methoxy groups -OCH3 is 1. The molecule has 3 heterocycles. The van der Waals surface area contributed by atoms with E-state index in [9.17, 15) is 4.79 Å². The smallest absolute Gasteiger partial charge is 0.292 e. The van der Waals surface area contributed by atoms with E-state index >= 15 is 0 Å². The molecule has 26 heavy (non-hydrogen) atoms. The molecule has 0 radical (unpaired) electrons. The van der Waals surface area contributed by atoms with Crippen LogP contribution in [0.4, 0.5) is 11.5 Å². The fourth-order valence-corrected chi connectivity index (χ4v) is 3.03. The van der Waals surface area contributed by atoms with Crippen LogP contribution in [0.15, 0.2) is 28.9 Å². The van der Waals surface area contributed by atoms with E-state index in [2.05, 4.69) is 15.5 Å². The van der Waals surface area contributed by atoms with Crippen LogP contribution in [0.5, 0.6) is 5.88 Å². The zero-order chi connectivity index (χ0) is 18.5. The lowest BCUT2D eigenvalue weighted by atomic mass is 10.1. The second-order valence-electron chi connectivity index (χ2n) is 6.60. The average molecular weight is 359 g/mol. The molecule has 140 valence electrons. The fourth-order valence-electron chi connectivity index (χ4n) is 3.03. The number of carbonyl (C=O) groups excluding carboxylic acids is 1. The number of amides is 1. The topological polar surface area (TPSA) is 83.7 Å². The molecule has 2 aromatic rings. The summed E-state index contributed by atoms with van der Waals surface area (Å²) < 4.78 is 10.0. The third-order valence-corrected chi connectivity index (χ3v) is 4.50. The first-order valence-corrected chi connectivity index (χ1v) is 8.76. The van der Waals surface area contributed by atoms with Crippen LogP contribution in [0.3, 0.4) is 0 Å². The van der Waals surface area contributed by atoms with Crippen molar-refractivity contribution in [1.29, 1.82) is 0 Å². The molecule has 0 aromatic carbocycles. The predicted octanol–water partition coefficient (Wildman–Crippen LogP) is 2.25. The molecule has 1 saturated heterocycles. The van der Waals surface area contributed by atoms with Crippen LogP contribution in [0.1, 0.15) is 29.8 Å². The van der Waals surface area contributed by atoms with Gasteiger partial charge in [0.1, 0.15) is 5.82 Å². The van der Waals surface area contributed by atoms with Gasteiger partial charge in [0.25, 0.3) is 11.8 Å². The molecule has 8 heteroatoms. The number of pyridine rings is 1. The van der Waals surface area contributed by atoms with Crippen LogP contribution in [0.25, 0.3) is 0 Å². The molecule has 0 aliphatic carbocycles. The summed E-state index contributed by atoms with van der Waals surface area (Å²) in [4.78, 5) is 20.8. The van der Waals surface area contributed by atoms with Gasteiger partial charge in [0.05, 0.1) is 25.1 Å². The van der Waals surface area contributed by atoms with Crippen molar-refractivity contribution < 1.29 is 14.1 Å². The maximum atomic E-state index is 12.5. The molecule has 1 amide bonds. The maximum absolute atomic E-state index is 12.5. The van der Waals surface area contributed by atoms with E-state index in [1.807, 2.05) is 42.2 Å². The monoisotopic (exact) mass is 359 g/mol. The third kappa shape index (κ3) is 4.25.